The van der Waals surface area contributed by atoms with Gasteiger partial charge in [0, 0.05) is 19.6 Å². The van der Waals surface area contributed by atoms with Gasteiger partial charge in [-0.1, -0.05) is 24.3 Å². The molecule has 6 heteroatoms. The van der Waals surface area contributed by atoms with Crippen LogP contribution in [0, 0.1) is 0 Å². The van der Waals surface area contributed by atoms with E-state index in [2.05, 4.69) is 12.1 Å². The van der Waals surface area contributed by atoms with E-state index in [1.807, 2.05) is 17.0 Å². The van der Waals surface area contributed by atoms with Crippen LogP contribution in [0.15, 0.2) is 24.3 Å². The Labute approximate surface area is 122 Å². The lowest BCUT2D eigenvalue weighted by atomic mass is 10.0. The number of nitrogens with zero attached hydrogens (tertiary/aromatic N) is 3. The van der Waals surface area contributed by atoms with Gasteiger partial charge in [0.1, 0.15) is 0 Å². The Morgan fingerprint density at radius 3 is 2.33 bits per heavy atom. The smallest absolute Gasteiger partial charge is 0.281 e. The number of amides is 4. The van der Waals surface area contributed by atoms with Gasteiger partial charge in [-0.3, -0.25) is 19.4 Å². The summed E-state index contributed by atoms with van der Waals surface area (Å²) < 4.78 is 0. The molecule has 0 spiro atoms. The van der Waals surface area contributed by atoms with Crippen molar-refractivity contribution in [2.45, 2.75) is 19.9 Å². The molecule has 4 amide bonds. The standard InChI is InChI=1S/C15H17N3O3/c1-2-17-13(19)14(20)18(15(17)21)10-16-8-7-11-5-3-4-6-12(11)9-16/h3-6H,2,7-10H2,1H3. The van der Waals surface area contributed by atoms with Gasteiger partial charge >= 0.3 is 17.8 Å². The quantitative estimate of drug-likeness (QED) is 0.610. The summed E-state index contributed by atoms with van der Waals surface area (Å²) in [5, 5.41) is 0. The molecule has 6 nitrogen and oxygen atoms in total. The van der Waals surface area contributed by atoms with E-state index in [0.717, 1.165) is 22.8 Å². The fourth-order valence-corrected chi connectivity index (χ4v) is 2.83. The Morgan fingerprint density at radius 2 is 1.67 bits per heavy atom. The lowest BCUT2D eigenvalue weighted by Gasteiger charge is -2.30. The van der Waals surface area contributed by atoms with Crippen molar-refractivity contribution in [1.82, 2.24) is 14.7 Å². The molecular formula is C15H17N3O3. The van der Waals surface area contributed by atoms with Gasteiger partial charge in [-0.05, 0) is 24.5 Å². The molecular weight excluding hydrogens is 270 g/mol. The van der Waals surface area contributed by atoms with Crippen LogP contribution in [0.25, 0.3) is 0 Å². The van der Waals surface area contributed by atoms with Crippen molar-refractivity contribution in [3.63, 3.8) is 0 Å². The van der Waals surface area contributed by atoms with Gasteiger partial charge in [0.2, 0.25) is 0 Å². The molecule has 1 fully saturated rings. The van der Waals surface area contributed by atoms with Crippen molar-refractivity contribution in [1.29, 1.82) is 0 Å². The highest BCUT2D eigenvalue weighted by molar-refractivity contribution is 6.44. The minimum absolute atomic E-state index is 0.175. The van der Waals surface area contributed by atoms with Crippen LogP contribution in [0.2, 0.25) is 0 Å². The third-order valence-corrected chi connectivity index (χ3v) is 4.00. The Balaban J connectivity index is 1.72. The molecule has 2 aliphatic heterocycles. The molecule has 3 rings (SSSR count). The summed E-state index contributed by atoms with van der Waals surface area (Å²) in [6, 6.07) is 7.64. The van der Waals surface area contributed by atoms with Crippen molar-refractivity contribution >= 4 is 17.8 Å². The average molecular weight is 287 g/mol. The summed E-state index contributed by atoms with van der Waals surface area (Å²) in [5.74, 6) is -1.44. The number of rotatable bonds is 3. The van der Waals surface area contributed by atoms with E-state index in [1.54, 1.807) is 6.92 Å². The maximum Gasteiger partial charge on any atom is 0.335 e. The molecule has 1 aromatic carbocycles. The molecule has 2 aliphatic rings. The molecule has 1 aromatic rings. The Bertz CT molecular complexity index is 614. The fourth-order valence-electron chi connectivity index (χ4n) is 2.83. The molecule has 0 aliphatic carbocycles. The van der Waals surface area contributed by atoms with Gasteiger partial charge in [-0.25, -0.2) is 9.69 Å². The van der Waals surface area contributed by atoms with E-state index in [1.165, 1.54) is 11.1 Å². The van der Waals surface area contributed by atoms with Crippen LogP contribution in [0.1, 0.15) is 18.1 Å². The summed E-state index contributed by atoms with van der Waals surface area (Å²) in [5.41, 5.74) is 2.51. The molecule has 21 heavy (non-hydrogen) atoms. The summed E-state index contributed by atoms with van der Waals surface area (Å²) in [6.45, 7) is 3.54. The second-order valence-corrected chi connectivity index (χ2v) is 5.28. The number of benzene rings is 1. The van der Waals surface area contributed by atoms with Crippen LogP contribution >= 0.6 is 0 Å². The lowest BCUT2D eigenvalue weighted by molar-refractivity contribution is -0.143. The topological polar surface area (TPSA) is 60.9 Å². The van der Waals surface area contributed by atoms with Gasteiger partial charge < -0.3 is 0 Å². The van der Waals surface area contributed by atoms with E-state index in [-0.39, 0.29) is 13.2 Å². The molecule has 0 saturated carbocycles. The van der Waals surface area contributed by atoms with Crippen molar-refractivity contribution in [3.05, 3.63) is 35.4 Å². The summed E-state index contributed by atoms with van der Waals surface area (Å²) >= 11 is 0. The molecule has 0 N–H and O–H groups in total. The van der Waals surface area contributed by atoms with Crippen LogP contribution in [-0.4, -0.2) is 52.3 Å². The third kappa shape index (κ3) is 2.31. The predicted molar refractivity (Wildman–Crippen MR) is 75.1 cm³/mol. The predicted octanol–water partition coefficient (Wildman–Crippen LogP) is 0.813. The molecule has 2 heterocycles. The molecule has 1 saturated heterocycles. The summed E-state index contributed by atoms with van der Waals surface area (Å²) in [7, 11) is 0. The number of carbonyl (C=O) groups is 3. The fraction of sp³-hybridized carbons (Fsp3) is 0.400. The highest BCUT2D eigenvalue weighted by Gasteiger charge is 2.44. The molecule has 0 unspecified atom stereocenters. The number of imide groups is 2. The molecule has 0 aromatic heterocycles. The highest BCUT2D eigenvalue weighted by Crippen LogP contribution is 2.20. The van der Waals surface area contributed by atoms with E-state index < -0.39 is 17.8 Å². The Morgan fingerprint density at radius 1 is 1.00 bits per heavy atom. The first-order chi connectivity index (χ1) is 10.1. The molecule has 0 radical (unpaired) electrons. The lowest BCUT2D eigenvalue weighted by Crippen LogP contribution is -2.44. The van der Waals surface area contributed by atoms with Crippen LogP contribution in [0.4, 0.5) is 4.79 Å². The SMILES string of the molecule is CCN1C(=O)C(=O)N(CN2CCc3ccccc3C2)C1=O. The van der Waals surface area contributed by atoms with E-state index in [0.29, 0.717) is 6.54 Å². The van der Waals surface area contributed by atoms with E-state index in [9.17, 15) is 14.4 Å². The zero-order valence-electron chi connectivity index (χ0n) is 11.9. The van der Waals surface area contributed by atoms with E-state index in [4.69, 9.17) is 0 Å². The minimum atomic E-state index is -0.722. The number of hydrogen-bond donors (Lipinski definition) is 0. The van der Waals surface area contributed by atoms with Crippen LogP contribution in [0.3, 0.4) is 0 Å². The number of urea groups is 1. The van der Waals surface area contributed by atoms with Crippen molar-refractivity contribution < 1.29 is 14.4 Å². The monoisotopic (exact) mass is 287 g/mol. The first-order valence-electron chi connectivity index (χ1n) is 7.08. The second kappa shape index (κ2) is 5.29. The molecule has 0 bridgehead atoms. The number of likely N-dealkylation sites (N-methyl/N-ethyl adjacent to an activating group) is 1. The number of carbonyl (C=O) groups excluding carboxylic acids is 3. The van der Waals surface area contributed by atoms with Crippen molar-refractivity contribution in [2.24, 2.45) is 0 Å². The maximum atomic E-state index is 12.1. The highest BCUT2D eigenvalue weighted by atomic mass is 16.2. The van der Waals surface area contributed by atoms with Crippen molar-refractivity contribution in [3.8, 4) is 0 Å². The van der Waals surface area contributed by atoms with Gasteiger partial charge in [0.05, 0.1) is 6.67 Å². The third-order valence-electron chi connectivity index (χ3n) is 4.00. The average Bonchev–Trinajstić information content (AvgIpc) is 2.70. The zero-order valence-corrected chi connectivity index (χ0v) is 11.9. The van der Waals surface area contributed by atoms with E-state index >= 15 is 0 Å². The largest absolute Gasteiger partial charge is 0.335 e. The van der Waals surface area contributed by atoms with Gasteiger partial charge in [0.25, 0.3) is 0 Å². The van der Waals surface area contributed by atoms with Crippen LogP contribution in [-0.2, 0) is 22.6 Å². The summed E-state index contributed by atoms with van der Waals surface area (Å²) in [6.07, 6.45) is 0.887. The van der Waals surface area contributed by atoms with Crippen molar-refractivity contribution in [2.75, 3.05) is 19.8 Å². The second-order valence-electron chi connectivity index (χ2n) is 5.28. The van der Waals surface area contributed by atoms with Crippen LogP contribution in [0.5, 0.6) is 0 Å². The van der Waals surface area contributed by atoms with Gasteiger partial charge in [-0.2, -0.15) is 0 Å². The number of fused-ring (bicyclic) bond motifs is 1. The maximum absolute atomic E-state index is 12.1. The first kappa shape index (κ1) is 13.8. The Hall–Kier alpha value is -2.21. The van der Waals surface area contributed by atoms with Crippen LogP contribution < -0.4 is 0 Å². The zero-order chi connectivity index (χ0) is 15.0. The summed E-state index contributed by atoms with van der Waals surface area (Å²) in [4.78, 5) is 39.7. The minimum Gasteiger partial charge on any atom is -0.281 e. The number of hydrogen-bond acceptors (Lipinski definition) is 4. The first-order valence-corrected chi connectivity index (χ1v) is 7.08. The molecule has 0 atom stereocenters. The molecule has 110 valence electrons. The Kier molecular flexibility index (Phi) is 3.47. The normalized spacial score (nSPS) is 19.4. The van der Waals surface area contributed by atoms with Gasteiger partial charge in [-0.15, -0.1) is 0 Å². The van der Waals surface area contributed by atoms with Gasteiger partial charge in [0.15, 0.2) is 0 Å².